The molecular formula is C28H27N5O3. The number of para-hydroxylation sites is 1. The maximum absolute atomic E-state index is 13.5. The Morgan fingerprint density at radius 3 is 2.50 bits per heavy atom. The highest BCUT2D eigenvalue weighted by molar-refractivity contribution is 6.06. The van der Waals surface area contributed by atoms with Crippen molar-refractivity contribution in [3.05, 3.63) is 108 Å². The number of benzene rings is 3. The summed E-state index contributed by atoms with van der Waals surface area (Å²) in [7, 11) is 0. The lowest BCUT2D eigenvalue weighted by molar-refractivity contribution is -0.113. The smallest absolute Gasteiger partial charge is 0.255 e. The molecule has 0 spiro atoms. The van der Waals surface area contributed by atoms with Crippen LogP contribution in [0.5, 0.6) is 11.5 Å². The number of nitrogens with one attached hydrogen (secondary N) is 2. The molecule has 5 rings (SSSR count). The van der Waals surface area contributed by atoms with Gasteiger partial charge in [-0.3, -0.25) is 4.79 Å². The van der Waals surface area contributed by atoms with Crippen molar-refractivity contribution >= 4 is 17.5 Å². The van der Waals surface area contributed by atoms with Gasteiger partial charge in [-0.15, -0.1) is 0 Å². The van der Waals surface area contributed by atoms with Gasteiger partial charge in [-0.25, -0.2) is 4.68 Å². The molecule has 2 heterocycles. The SMILES string of the molecule is CCOc1cc([C@H]2C(C(=O)Nc3ccccc3)=C(C)Nc3ncnn32)ccc1OCc1ccccc1. The first-order chi connectivity index (χ1) is 17.6. The highest BCUT2D eigenvalue weighted by Gasteiger charge is 2.34. The zero-order chi connectivity index (χ0) is 24.9. The Bertz CT molecular complexity index is 1380. The summed E-state index contributed by atoms with van der Waals surface area (Å²) in [6, 6.07) is 24.6. The van der Waals surface area contributed by atoms with E-state index in [1.807, 2.05) is 92.7 Å². The summed E-state index contributed by atoms with van der Waals surface area (Å²) < 4.78 is 13.7. The van der Waals surface area contributed by atoms with E-state index in [4.69, 9.17) is 9.47 Å². The van der Waals surface area contributed by atoms with E-state index in [9.17, 15) is 4.79 Å². The molecule has 2 N–H and O–H groups in total. The first-order valence-electron chi connectivity index (χ1n) is 11.8. The van der Waals surface area contributed by atoms with Crippen LogP contribution in [0.25, 0.3) is 0 Å². The van der Waals surface area contributed by atoms with Crippen molar-refractivity contribution < 1.29 is 14.3 Å². The predicted octanol–water partition coefficient (Wildman–Crippen LogP) is 5.18. The van der Waals surface area contributed by atoms with Gasteiger partial charge < -0.3 is 20.1 Å². The minimum absolute atomic E-state index is 0.222. The van der Waals surface area contributed by atoms with Crippen molar-refractivity contribution in [1.82, 2.24) is 14.8 Å². The maximum atomic E-state index is 13.5. The van der Waals surface area contributed by atoms with Crippen LogP contribution in [-0.2, 0) is 11.4 Å². The molecule has 36 heavy (non-hydrogen) atoms. The van der Waals surface area contributed by atoms with Gasteiger partial charge in [0.05, 0.1) is 12.2 Å². The van der Waals surface area contributed by atoms with Crippen LogP contribution in [0.15, 0.2) is 96.5 Å². The van der Waals surface area contributed by atoms with E-state index in [0.717, 1.165) is 11.1 Å². The van der Waals surface area contributed by atoms with Crippen LogP contribution in [-0.4, -0.2) is 27.3 Å². The molecule has 4 aromatic rings. The molecule has 182 valence electrons. The van der Waals surface area contributed by atoms with Crippen LogP contribution >= 0.6 is 0 Å². The molecule has 3 aromatic carbocycles. The Morgan fingerprint density at radius 1 is 1.00 bits per heavy atom. The molecule has 1 aliphatic heterocycles. The average Bonchev–Trinajstić information content (AvgIpc) is 3.36. The van der Waals surface area contributed by atoms with Crippen molar-refractivity contribution in [1.29, 1.82) is 0 Å². The minimum Gasteiger partial charge on any atom is -0.490 e. The summed E-state index contributed by atoms with van der Waals surface area (Å²) in [6.45, 7) is 4.69. The lowest BCUT2D eigenvalue weighted by Gasteiger charge is -2.29. The molecule has 0 bridgehead atoms. The van der Waals surface area contributed by atoms with Crippen LogP contribution in [0.1, 0.15) is 31.0 Å². The summed E-state index contributed by atoms with van der Waals surface area (Å²) >= 11 is 0. The molecule has 0 aliphatic carbocycles. The van der Waals surface area contributed by atoms with Gasteiger partial charge in [-0.1, -0.05) is 54.6 Å². The van der Waals surface area contributed by atoms with Gasteiger partial charge in [0.2, 0.25) is 5.95 Å². The molecule has 1 aromatic heterocycles. The zero-order valence-corrected chi connectivity index (χ0v) is 20.1. The number of allylic oxidation sites excluding steroid dienone is 1. The van der Waals surface area contributed by atoms with Crippen molar-refractivity contribution in [2.24, 2.45) is 0 Å². The molecule has 0 saturated carbocycles. The number of nitrogens with zero attached hydrogens (tertiary/aromatic N) is 3. The number of ether oxygens (including phenoxy) is 2. The van der Waals surface area contributed by atoms with Gasteiger partial charge in [-0.2, -0.15) is 10.1 Å². The Hall–Kier alpha value is -4.59. The fourth-order valence-corrected chi connectivity index (χ4v) is 4.23. The zero-order valence-electron chi connectivity index (χ0n) is 20.1. The monoisotopic (exact) mass is 481 g/mol. The van der Waals surface area contributed by atoms with E-state index in [2.05, 4.69) is 20.7 Å². The Kier molecular flexibility index (Phi) is 6.66. The maximum Gasteiger partial charge on any atom is 0.255 e. The first-order valence-corrected chi connectivity index (χ1v) is 11.8. The summed E-state index contributed by atoms with van der Waals surface area (Å²) in [6.07, 6.45) is 1.47. The quantitative estimate of drug-likeness (QED) is 0.360. The van der Waals surface area contributed by atoms with E-state index in [-0.39, 0.29) is 5.91 Å². The van der Waals surface area contributed by atoms with E-state index in [0.29, 0.717) is 47.6 Å². The minimum atomic E-state index is -0.505. The summed E-state index contributed by atoms with van der Waals surface area (Å²) in [5.41, 5.74) is 3.85. The number of carbonyl (C=O) groups excluding carboxylic acids is 1. The second-order valence-corrected chi connectivity index (χ2v) is 8.33. The van der Waals surface area contributed by atoms with E-state index in [1.165, 1.54) is 6.33 Å². The number of aromatic nitrogens is 3. The van der Waals surface area contributed by atoms with Crippen LogP contribution in [0.4, 0.5) is 11.6 Å². The topological polar surface area (TPSA) is 90.3 Å². The highest BCUT2D eigenvalue weighted by atomic mass is 16.5. The molecule has 0 radical (unpaired) electrons. The number of rotatable bonds is 8. The van der Waals surface area contributed by atoms with Gasteiger partial charge in [0.15, 0.2) is 11.5 Å². The predicted molar refractivity (Wildman–Crippen MR) is 138 cm³/mol. The third-order valence-electron chi connectivity index (χ3n) is 5.89. The number of hydrogen-bond acceptors (Lipinski definition) is 6. The van der Waals surface area contributed by atoms with E-state index < -0.39 is 6.04 Å². The molecule has 1 aliphatic rings. The Balaban J connectivity index is 1.50. The van der Waals surface area contributed by atoms with E-state index in [1.54, 1.807) is 4.68 Å². The van der Waals surface area contributed by atoms with Crippen molar-refractivity contribution in [2.45, 2.75) is 26.5 Å². The number of hydrogen-bond donors (Lipinski definition) is 2. The number of anilines is 2. The normalized spacial score (nSPS) is 14.6. The van der Waals surface area contributed by atoms with Gasteiger partial charge in [-0.05, 0) is 49.2 Å². The Morgan fingerprint density at radius 2 is 1.75 bits per heavy atom. The number of fused-ring (bicyclic) bond motifs is 1. The lowest BCUT2D eigenvalue weighted by Crippen LogP contribution is -2.31. The van der Waals surface area contributed by atoms with Crippen molar-refractivity contribution in [3.8, 4) is 11.5 Å². The summed E-state index contributed by atoms with van der Waals surface area (Å²) in [5.74, 6) is 1.58. The molecule has 1 atom stereocenters. The Labute approximate surface area is 209 Å². The van der Waals surface area contributed by atoms with E-state index >= 15 is 0 Å². The molecule has 8 nitrogen and oxygen atoms in total. The van der Waals surface area contributed by atoms with Crippen LogP contribution in [0, 0.1) is 0 Å². The standard InChI is InChI=1S/C28H27N5O3/c1-3-35-24-16-21(14-15-23(24)36-17-20-10-6-4-7-11-20)26-25(19(2)31-28-29-18-30-33(26)28)27(34)32-22-12-8-5-9-13-22/h4-16,18,26H,3,17H2,1-2H3,(H,32,34)(H,29,30,31)/t26-/m0/s1. The van der Waals surface area contributed by atoms with Gasteiger partial charge in [0.25, 0.3) is 5.91 Å². The first kappa shape index (κ1) is 23.2. The summed E-state index contributed by atoms with van der Waals surface area (Å²) in [4.78, 5) is 17.8. The average molecular weight is 482 g/mol. The fraction of sp³-hybridized carbons (Fsp3) is 0.179. The van der Waals surface area contributed by atoms with Crippen LogP contribution < -0.4 is 20.1 Å². The molecule has 0 fully saturated rings. The third-order valence-corrected chi connectivity index (χ3v) is 5.89. The number of amides is 1. The summed E-state index contributed by atoms with van der Waals surface area (Å²) in [5, 5.41) is 10.6. The second-order valence-electron chi connectivity index (χ2n) is 8.33. The van der Waals surface area contributed by atoms with Gasteiger partial charge in [0, 0.05) is 11.4 Å². The second kappa shape index (κ2) is 10.4. The van der Waals surface area contributed by atoms with Crippen LogP contribution in [0.2, 0.25) is 0 Å². The fourth-order valence-electron chi connectivity index (χ4n) is 4.23. The molecule has 0 saturated heterocycles. The van der Waals surface area contributed by atoms with Crippen molar-refractivity contribution in [2.75, 3.05) is 17.2 Å². The van der Waals surface area contributed by atoms with Crippen LogP contribution in [0.3, 0.4) is 0 Å². The number of carbonyl (C=O) groups is 1. The van der Waals surface area contributed by atoms with Gasteiger partial charge in [0.1, 0.15) is 19.0 Å². The third kappa shape index (κ3) is 4.79. The lowest BCUT2D eigenvalue weighted by atomic mass is 9.94. The largest absolute Gasteiger partial charge is 0.490 e. The van der Waals surface area contributed by atoms with Crippen molar-refractivity contribution in [3.63, 3.8) is 0 Å². The molecular weight excluding hydrogens is 454 g/mol. The molecule has 0 unspecified atom stereocenters. The molecule has 8 heteroatoms. The molecule has 1 amide bonds. The van der Waals surface area contributed by atoms with Gasteiger partial charge >= 0.3 is 0 Å². The highest BCUT2D eigenvalue weighted by Crippen LogP contribution is 2.39.